The molecule has 13 heavy (non-hydrogen) atoms. The summed E-state index contributed by atoms with van der Waals surface area (Å²) < 4.78 is 12.5. The summed E-state index contributed by atoms with van der Waals surface area (Å²) in [7, 11) is 0. The van der Waals surface area contributed by atoms with Crippen LogP contribution in [-0.2, 0) is 0 Å². The lowest BCUT2D eigenvalue weighted by Gasteiger charge is -2.14. The molecule has 0 bridgehead atoms. The van der Waals surface area contributed by atoms with Crippen molar-refractivity contribution in [2.45, 2.75) is 6.04 Å². The van der Waals surface area contributed by atoms with Crippen LogP contribution in [0.1, 0.15) is 0 Å². The highest BCUT2D eigenvalue weighted by Gasteiger charge is 2.03. The van der Waals surface area contributed by atoms with E-state index in [0.29, 0.717) is 6.54 Å². The highest BCUT2D eigenvalue weighted by atomic mass is 19.1. The number of hydrogen-bond donors (Lipinski definition) is 3. The standard InChI is InChI=1S/C9H13FN2O/c10-7-1-3-8(4-2-7)12-9(5-11)6-13/h1-4,9,12-13H,5-6,11H2. The number of nitrogens with two attached hydrogens (primary N) is 1. The fourth-order valence-corrected chi connectivity index (χ4v) is 0.961. The van der Waals surface area contributed by atoms with Gasteiger partial charge in [-0.15, -0.1) is 0 Å². The third kappa shape index (κ3) is 3.01. The summed E-state index contributed by atoms with van der Waals surface area (Å²) in [6, 6.07) is 5.74. The van der Waals surface area contributed by atoms with Crippen LogP contribution in [-0.4, -0.2) is 24.3 Å². The summed E-state index contributed by atoms with van der Waals surface area (Å²) in [5.41, 5.74) is 6.12. The summed E-state index contributed by atoms with van der Waals surface area (Å²) in [4.78, 5) is 0. The van der Waals surface area contributed by atoms with Crippen molar-refractivity contribution in [2.24, 2.45) is 5.73 Å². The molecular formula is C9H13FN2O. The third-order valence-corrected chi connectivity index (χ3v) is 1.72. The summed E-state index contributed by atoms with van der Waals surface area (Å²) in [6.45, 7) is 0.307. The molecule has 0 fully saturated rings. The van der Waals surface area contributed by atoms with E-state index in [2.05, 4.69) is 5.32 Å². The lowest BCUT2D eigenvalue weighted by molar-refractivity contribution is 0.276. The average molecular weight is 184 g/mol. The molecule has 0 saturated heterocycles. The average Bonchev–Trinajstić information content (AvgIpc) is 2.17. The predicted octanol–water partition coefficient (Wildman–Crippen LogP) is 0.557. The Kier molecular flexibility index (Phi) is 3.67. The molecule has 1 aromatic rings. The Bertz CT molecular complexity index is 246. The minimum Gasteiger partial charge on any atom is -0.394 e. The molecule has 0 aliphatic carbocycles. The minimum atomic E-state index is -0.279. The van der Waals surface area contributed by atoms with Crippen molar-refractivity contribution in [1.82, 2.24) is 0 Å². The number of halogens is 1. The third-order valence-electron chi connectivity index (χ3n) is 1.72. The molecule has 0 aliphatic heterocycles. The van der Waals surface area contributed by atoms with Crippen LogP contribution in [0.15, 0.2) is 24.3 Å². The number of aliphatic hydroxyl groups excluding tert-OH is 1. The Labute approximate surface area is 76.4 Å². The van der Waals surface area contributed by atoms with Gasteiger partial charge >= 0.3 is 0 Å². The smallest absolute Gasteiger partial charge is 0.123 e. The molecule has 0 amide bonds. The first-order chi connectivity index (χ1) is 6.26. The molecule has 0 saturated carbocycles. The van der Waals surface area contributed by atoms with Crippen LogP contribution >= 0.6 is 0 Å². The van der Waals surface area contributed by atoms with Gasteiger partial charge in [0.05, 0.1) is 12.6 Å². The first kappa shape index (κ1) is 9.95. The SMILES string of the molecule is NCC(CO)Nc1ccc(F)cc1. The summed E-state index contributed by atoms with van der Waals surface area (Å²) in [5.74, 6) is -0.279. The van der Waals surface area contributed by atoms with Gasteiger partial charge in [-0.1, -0.05) is 0 Å². The van der Waals surface area contributed by atoms with E-state index in [1.54, 1.807) is 12.1 Å². The number of anilines is 1. The molecule has 0 heterocycles. The Morgan fingerprint density at radius 3 is 2.46 bits per heavy atom. The zero-order chi connectivity index (χ0) is 9.68. The Morgan fingerprint density at radius 2 is 2.00 bits per heavy atom. The predicted molar refractivity (Wildman–Crippen MR) is 50.0 cm³/mol. The van der Waals surface area contributed by atoms with Gasteiger partial charge in [0, 0.05) is 12.2 Å². The zero-order valence-electron chi connectivity index (χ0n) is 7.20. The Morgan fingerprint density at radius 1 is 1.38 bits per heavy atom. The molecule has 1 unspecified atom stereocenters. The molecule has 1 aromatic carbocycles. The number of rotatable bonds is 4. The van der Waals surface area contributed by atoms with E-state index in [4.69, 9.17) is 10.8 Å². The van der Waals surface area contributed by atoms with Gasteiger partial charge in [0.1, 0.15) is 5.82 Å². The molecule has 0 aromatic heterocycles. The van der Waals surface area contributed by atoms with Gasteiger partial charge in [0.2, 0.25) is 0 Å². The number of aliphatic hydroxyl groups is 1. The van der Waals surface area contributed by atoms with Crippen molar-refractivity contribution in [3.63, 3.8) is 0 Å². The molecular weight excluding hydrogens is 171 g/mol. The van der Waals surface area contributed by atoms with E-state index in [9.17, 15) is 4.39 Å². The Hall–Kier alpha value is -1.13. The lowest BCUT2D eigenvalue weighted by Crippen LogP contribution is -2.32. The van der Waals surface area contributed by atoms with Gasteiger partial charge in [0.15, 0.2) is 0 Å². The maximum atomic E-state index is 12.5. The van der Waals surface area contributed by atoms with Crippen LogP contribution in [0, 0.1) is 5.82 Å². The van der Waals surface area contributed by atoms with Gasteiger partial charge < -0.3 is 16.2 Å². The normalized spacial score (nSPS) is 12.5. The second kappa shape index (κ2) is 4.79. The van der Waals surface area contributed by atoms with Crippen LogP contribution < -0.4 is 11.1 Å². The molecule has 0 radical (unpaired) electrons. The van der Waals surface area contributed by atoms with Gasteiger partial charge in [-0.3, -0.25) is 0 Å². The highest BCUT2D eigenvalue weighted by Crippen LogP contribution is 2.08. The molecule has 4 N–H and O–H groups in total. The van der Waals surface area contributed by atoms with Crippen molar-refractivity contribution in [3.8, 4) is 0 Å². The van der Waals surface area contributed by atoms with Crippen LogP contribution in [0.2, 0.25) is 0 Å². The van der Waals surface area contributed by atoms with Gasteiger partial charge in [-0.25, -0.2) is 4.39 Å². The molecule has 4 heteroatoms. The van der Waals surface area contributed by atoms with Gasteiger partial charge in [-0.2, -0.15) is 0 Å². The fourth-order valence-electron chi connectivity index (χ4n) is 0.961. The first-order valence-corrected chi connectivity index (χ1v) is 4.09. The molecule has 72 valence electrons. The lowest BCUT2D eigenvalue weighted by atomic mass is 10.2. The van der Waals surface area contributed by atoms with E-state index >= 15 is 0 Å². The molecule has 1 atom stereocenters. The molecule has 0 aliphatic rings. The highest BCUT2D eigenvalue weighted by molar-refractivity contribution is 5.43. The van der Waals surface area contributed by atoms with Crippen molar-refractivity contribution in [1.29, 1.82) is 0 Å². The van der Waals surface area contributed by atoms with Crippen molar-refractivity contribution >= 4 is 5.69 Å². The van der Waals surface area contributed by atoms with Gasteiger partial charge in [0.25, 0.3) is 0 Å². The zero-order valence-corrected chi connectivity index (χ0v) is 7.20. The van der Waals surface area contributed by atoms with E-state index in [0.717, 1.165) is 5.69 Å². The molecule has 1 rings (SSSR count). The molecule has 0 spiro atoms. The monoisotopic (exact) mass is 184 g/mol. The maximum Gasteiger partial charge on any atom is 0.123 e. The topological polar surface area (TPSA) is 58.3 Å². The van der Waals surface area contributed by atoms with Crippen LogP contribution in [0.25, 0.3) is 0 Å². The van der Waals surface area contributed by atoms with Crippen LogP contribution in [0.5, 0.6) is 0 Å². The quantitative estimate of drug-likeness (QED) is 0.640. The van der Waals surface area contributed by atoms with Crippen molar-refractivity contribution < 1.29 is 9.50 Å². The van der Waals surface area contributed by atoms with E-state index in [1.807, 2.05) is 0 Å². The largest absolute Gasteiger partial charge is 0.394 e. The summed E-state index contributed by atoms with van der Waals surface area (Å²) in [5, 5.41) is 11.8. The maximum absolute atomic E-state index is 12.5. The second-order valence-corrected chi connectivity index (χ2v) is 2.77. The second-order valence-electron chi connectivity index (χ2n) is 2.77. The van der Waals surface area contributed by atoms with E-state index in [-0.39, 0.29) is 18.5 Å². The number of nitrogens with one attached hydrogen (secondary N) is 1. The molecule has 3 nitrogen and oxygen atoms in total. The fraction of sp³-hybridized carbons (Fsp3) is 0.333. The Balaban J connectivity index is 2.58. The number of benzene rings is 1. The summed E-state index contributed by atoms with van der Waals surface area (Å²) in [6.07, 6.45) is 0. The van der Waals surface area contributed by atoms with E-state index in [1.165, 1.54) is 12.1 Å². The van der Waals surface area contributed by atoms with Gasteiger partial charge in [-0.05, 0) is 24.3 Å². The van der Waals surface area contributed by atoms with Crippen LogP contribution in [0.4, 0.5) is 10.1 Å². The van der Waals surface area contributed by atoms with Crippen LogP contribution in [0.3, 0.4) is 0 Å². The minimum absolute atomic E-state index is 0.0339. The van der Waals surface area contributed by atoms with Crippen molar-refractivity contribution in [2.75, 3.05) is 18.5 Å². The number of hydrogen-bond acceptors (Lipinski definition) is 3. The van der Waals surface area contributed by atoms with Crippen molar-refractivity contribution in [3.05, 3.63) is 30.1 Å². The summed E-state index contributed by atoms with van der Waals surface area (Å²) >= 11 is 0. The van der Waals surface area contributed by atoms with E-state index < -0.39 is 0 Å². The first-order valence-electron chi connectivity index (χ1n) is 4.09.